The molecule has 1 aromatic rings. The number of rotatable bonds is 6. The van der Waals surface area contributed by atoms with Crippen molar-refractivity contribution in [2.24, 2.45) is 4.99 Å². The van der Waals surface area contributed by atoms with Crippen LogP contribution in [0, 0.1) is 0 Å². The van der Waals surface area contributed by atoms with E-state index in [-0.39, 0.29) is 5.54 Å². The molecule has 0 spiro atoms. The van der Waals surface area contributed by atoms with Gasteiger partial charge in [0, 0.05) is 57.4 Å². The van der Waals surface area contributed by atoms with Gasteiger partial charge in [0.2, 0.25) is 0 Å². The summed E-state index contributed by atoms with van der Waals surface area (Å²) in [5, 5.41) is 7.23. The Bertz CT molecular complexity index is 642. The zero-order valence-corrected chi connectivity index (χ0v) is 18.7. The number of benzene rings is 1. The molecular formula is C23H39N5O. The van der Waals surface area contributed by atoms with Gasteiger partial charge in [0.25, 0.3) is 0 Å². The molecule has 1 aromatic carbocycles. The van der Waals surface area contributed by atoms with Crippen molar-refractivity contribution >= 4 is 5.96 Å². The van der Waals surface area contributed by atoms with E-state index in [0.717, 1.165) is 64.7 Å². The average Bonchev–Trinajstić information content (AvgIpc) is 2.74. The molecule has 29 heavy (non-hydrogen) atoms. The molecule has 2 aliphatic rings. The molecule has 6 nitrogen and oxygen atoms in total. The molecule has 3 rings (SSSR count). The van der Waals surface area contributed by atoms with Gasteiger partial charge < -0.3 is 15.4 Å². The first-order valence-electron chi connectivity index (χ1n) is 11.1. The van der Waals surface area contributed by atoms with Gasteiger partial charge in [-0.2, -0.15) is 0 Å². The highest BCUT2D eigenvalue weighted by molar-refractivity contribution is 5.80. The number of guanidine groups is 1. The average molecular weight is 402 g/mol. The summed E-state index contributed by atoms with van der Waals surface area (Å²) in [6.07, 6.45) is 2.28. The molecule has 6 heteroatoms. The van der Waals surface area contributed by atoms with Crippen molar-refractivity contribution in [2.45, 2.75) is 57.8 Å². The summed E-state index contributed by atoms with van der Waals surface area (Å²) in [4.78, 5) is 9.57. The molecule has 2 heterocycles. The van der Waals surface area contributed by atoms with E-state index in [1.165, 1.54) is 5.56 Å². The normalized spacial score (nSPS) is 25.0. The van der Waals surface area contributed by atoms with E-state index >= 15 is 0 Å². The quantitative estimate of drug-likeness (QED) is 0.566. The van der Waals surface area contributed by atoms with E-state index in [0.29, 0.717) is 12.1 Å². The molecule has 2 unspecified atom stereocenters. The summed E-state index contributed by atoms with van der Waals surface area (Å²) in [7, 11) is 1.87. The lowest BCUT2D eigenvalue weighted by Crippen LogP contribution is -2.58. The lowest BCUT2D eigenvalue weighted by atomic mass is 9.97. The molecule has 0 radical (unpaired) electrons. The van der Waals surface area contributed by atoms with Crippen LogP contribution in [0.25, 0.3) is 0 Å². The molecule has 0 aromatic heterocycles. The fourth-order valence-electron chi connectivity index (χ4n) is 4.37. The zero-order valence-electron chi connectivity index (χ0n) is 18.7. The number of aliphatic imine (C=N–C) groups is 1. The van der Waals surface area contributed by atoms with Crippen molar-refractivity contribution in [1.29, 1.82) is 0 Å². The summed E-state index contributed by atoms with van der Waals surface area (Å²) in [5.41, 5.74) is 1.47. The first-order valence-corrected chi connectivity index (χ1v) is 11.1. The van der Waals surface area contributed by atoms with Crippen LogP contribution in [-0.2, 0) is 11.3 Å². The maximum atomic E-state index is 5.50. The molecule has 0 aliphatic carbocycles. The minimum absolute atomic E-state index is 0.0771. The van der Waals surface area contributed by atoms with Gasteiger partial charge in [0.15, 0.2) is 5.96 Å². The highest BCUT2D eigenvalue weighted by atomic mass is 16.5. The topological polar surface area (TPSA) is 52.1 Å². The molecule has 0 bridgehead atoms. The predicted octanol–water partition coefficient (Wildman–Crippen LogP) is 2.32. The van der Waals surface area contributed by atoms with Crippen LogP contribution in [0.1, 0.15) is 39.2 Å². The second-order valence-electron chi connectivity index (χ2n) is 9.01. The Labute approximate surface area is 176 Å². The minimum Gasteiger partial charge on any atom is -0.379 e. The Balaban J connectivity index is 1.45. The first-order chi connectivity index (χ1) is 14.0. The zero-order chi connectivity index (χ0) is 20.7. The SMILES string of the molecule is CN=C(NCC(C)(C)N1CCOCC1)NC1CCN(Cc2ccccc2)C(C)C1. The predicted molar refractivity (Wildman–Crippen MR) is 120 cm³/mol. The largest absolute Gasteiger partial charge is 0.379 e. The standard InChI is InChI=1S/C23H39N5O/c1-19-16-21(10-11-27(19)17-20-8-6-5-7-9-20)26-22(24-4)25-18-23(2,3)28-12-14-29-15-13-28/h5-9,19,21H,10-18H2,1-4H3,(H2,24,25,26). The maximum absolute atomic E-state index is 5.50. The summed E-state index contributed by atoms with van der Waals surface area (Å²) in [6, 6.07) is 11.8. The van der Waals surface area contributed by atoms with E-state index in [1.54, 1.807) is 0 Å². The Morgan fingerprint density at radius 1 is 1.17 bits per heavy atom. The van der Waals surface area contributed by atoms with Crippen molar-refractivity contribution in [3.05, 3.63) is 35.9 Å². The summed E-state index contributed by atoms with van der Waals surface area (Å²) in [5.74, 6) is 0.917. The molecule has 2 N–H and O–H groups in total. The number of nitrogens with zero attached hydrogens (tertiary/aromatic N) is 3. The van der Waals surface area contributed by atoms with Crippen LogP contribution in [0.4, 0.5) is 0 Å². The maximum Gasteiger partial charge on any atom is 0.191 e. The minimum atomic E-state index is 0.0771. The van der Waals surface area contributed by atoms with Crippen molar-refractivity contribution in [2.75, 3.05) is 46.4 Å². The Morgan fingerprint density at radius 2 is 1.90 bits per heavy atom. The Kier molecular flexibility index (Phi) is 7.92. The van der Waals surface area contributed by atoms with Crippen LogP contribution < -0.4 is 10.6 Å². The Morgan fingerprint density at radius 3 is 2.55 bits per heavy atom. The van der Waals surface area contributed by atoms with Gasteiger partial charge >= 0.3 is 0 Å². The van der Waals surface area contributed by atoms with E-state index < -0.39 is 0 Å². The molecule has 0 amide bonds. The Hall–Kier alpha value is -1.63. The van der Waals surface area contributed by atoms with E-state index in [9.17, 15) is 0 Å². The number of ether oxygens (including phenoxy) is 1. The molecule has 2 aliphatic heterocycles. The lowest BCUT2D eigenvalue weighted by Gasteiger charge is -2.41. The monoisotopic (exact) mass is 401 g/mol. The fraction of sp³-hybridized carbons (Fsp3) is 0.696. The van der Waals surface area contributed by atoms with Gasteiger partial charge in [-0.3, -0.25) is 14.8 Å². The molecule has 0 saturated carbocycles. The second kappa shape index (κ2) is 10.4. The van der Waals surface area contributed by atoms with E-state index in [1.807, 2.05) is 7.05 Å². The summed E-state index contributed by atoms with van der Waals surface area (Å²) >= 11 is 0. The smallest absolute Gasteiger partial charge is 0.191 e. The van der Waals surface area contributed by atoms with Crippen molar-refractivity contribution < 1.29 is 4.74 Å². The molecular weight excluding hydrogens is 362 g/mol. The number of piperidine rings is 1. The van der Waals surface area contributed by atoms with Gasteiger partial charge in [-0.1, -0.05) is 30.3 Å². The van der Waals surface area contributed by atoms with Crippen molar-refractivity contribution in [3.63, 3.8) is 0 Å². The summed E-state index contributed by atoms with van der Waals surface area (Å²) in [6.45, 7) is 13.6. The van der Waals surface area contributed by atoms with Crippen LogP contribution in [-0.4, -0.2) is 79.8 Å². The second-order valence-corrected chi connectivity index (χ2v) is 9.01. The van der Waals surface area contributed by atoms with Crippen LogP contribution in [0.15, 0.2) is 35.3 Å². The fourth-order valence-corrected chi connectivity index (χ4v) is 4.37. The highest BCUT2D eigenvalue weighted by Crippen LogP contribution is 2.20. The first kappa shape index (κ1) is 22.1. The van der Waals surface area contributed by atoms with Crippen molar-refractivity contribution in [1.82, 2.24) is 20.4 Å². The third-order valence-corrected chi connectivity index (χ3v) is 6.36. The molecule has 2 atom stereocenters. The third kappa shape index (κ3) is 6.43. The summed E-state index contributed by atoms with van der Waals surface area (Å²) < 4.78 is 5.50. The number of morpholine rings is 1. The number of hydrogen-bond donors (Lipinski definition) is 2. The van der Waals surface area contributed by atoms with E-state index in [2.05, 4.69) is 76.5 Å². The van der Waals surface area contributed by atoms with Gasteiger partial charge in [-0.15, -0.1) is 0 Å². The van der Waals surface area contributed by atoms with Gasteiger partial charge in [-0.05, 0) is 39.2 Å². The highest BCUT2D eigenvalue weighted by Gasteiger charge is 2.29. The van der Waals surface area contributed by atoms with Crippen LogP contribution in [0.2, 0.25) is 0 Å². The molecule has 2 saturated heterocycles. The molecule has 2 fully saturated rings. The lowest BCUT2D eigenvalue weighted by molar-refractivity contribution is -0.00836. The van der Waals surface area contributed by atoms with Crippen LogP contribution >= 0.6 is 0 Å². The van der Waals surface area contributed by atoms with Crippen LogP contribution in [0.5, 0.6) is 0 Å². The number of nitrogens with one attached hydrogen (secondary N) is 2. The molecule has 162 valence electrons. The van der Waals surface area contributed by atoms with Gasteiger partial charge in [-0.25, -0.2) is 0 Å². The van der Waals surface area contributed by atoms with E-state index in [4.69, 9.17) is 4.74 Å². The number of likely N-dealkylation sites (tertiary alicyclic amines) is 1. The third-order valence-electron chi connectivity index (χ3n) is 6.36. The number of hydrogen-bond acceptors (Lipinski definition) is 4. The van der Waals surface area contributed by atoms with Crippen LogP contribution in [0.3, 0.4) is 0 Å². The van der Waals surface area contributed by atoms with Crippen molar-refractivity contribution in [3.8, 4) is 0 Å². The van der Waals surface area contributed by atoms with Gasteiger partial charge in [0.1, 0.15) is 0 Å². The van der Waals surface area contributed by atoms with Gasteiger partial charge in [0.05, 0.1) is 13.2 Å².